The number of guanidine groups is 1. The molecular formula is C16H36IN3O2. The summed E-state index contributed by atoms with van der Waals surface area (Å²) in [4.78, 5) is 4.20. The minimum Gasteiger partial charge on any atom is -0.381 e. The van der Waals surface area contributed by atoms with Crippen molar-refractivity contribution in [2.45, 2.75) is 52.4 Å². The first-order chi connectivity index (χ1) is 10.3. The van der Waals surface area contributed by atoms with Crippen molar-refractivity contribution >= 4 is 29.9 Å². The highest BCUT2D eigenvalue weighted by Crippen LogP contribution is 1.90. The monoisotopic (exact) mass is 429 g/mol. The molecule has 5 nitrogen and oxygen atoms in total. The first kappa shape index (κ1) is 24.2. The Morgan fingerprint density at radius 2 is 1.18 bits per heavy atom. The second-order valence-corrected chi connectivity index (χ2v) is 5.06. The quantitative estimate of drug-likeness (QED) is 0.193. The molecule has 0 spiro atoms. The van der Waals surface area contributed by atoms with Gasteiger partial charge in [-0.1, -0.05) is 26.7 Å². The van der Waals surface area contributed by atoms with Crippen LogP contribution in [-0.4, -0.2) is 52.5 Å². The number of nitrogens with one attached hydrogen (secondary N) is 2. The van der Waals surface area contributed by atoms with Gasteiger partial charge in [-0.3, -0.25) is 4.99 Å². The van der Waals surface area contributed by atoms with E-state index in [0.29, 0.717) is 0 Å². The molecule has 0 amide bonds. The standard InChI is InChI=1S/C16H35N3O2.HI/c1-4-6-12-20-14-8-10-18-16(17-3)19-11-9-15-21-13-7-5-2;/h4-15H2,1-3H3,(H2,17,18,19);1H. The molecule has 0 aromatic carbocycles. The van der Waals surface area contributed by atoms with Gasteiger partial charge in [-0.25, -0.2) is 0 Å². The Kier molecular flexibility index (Phi) is 23.0. The molecule has 0 fully saturated rings. The molecule has 0 bridgehead atoms. The molecule has 0 radical (unpaired) electrons. The van der Waals surface area contributed by atoms with Gasteiger partial charge in [-0.2, -0.15) is 0 Å². The van der Waals surface area contributed by atoms with E-state index in [1.807, 2.05) is 0 Å². The van der Waals surface area contributed by atoms with E-state index in [1.165, 1.54) is 12.8 Å². The Morgan fingerprint density at radius 3 is 1.55 bits per heavy atom. The van der Waals surface area contributed by atoms with Crippen LogP contribution in [0, 0.1) is 0 Å². The van der Waals surface area contributed by atoms with Gasteiger partial charge < -0.3 is 20.1 Å². The van der Waals surface area contributed by atoms with Crippen LogP contribution in [0.1, 0.15) is 52.4 Å². The number of unbranched alkanes of at least 4 members (excludes halogenated alkanes) is 2. The molecular weight excluding hydrogens is 393 g/mol. The lowest BCUT2D eigenvalue weighted by Gasteiger charge is -2.12. The number of rotatable bonds is 14. The fraction of sp³-hybridized carbons (Fsp3) is 0.938. The molecule has 6 heteroatoms. The van der Waals surface area contributed by atoms with Crippen molar-refractivity contribution in [1.82, 2.24) is 10.6 Å². The van der Waals surface area contributed by atoms with Crippen LogP contribution in [0.2, 0.25) is 0 Å². The summed E-state index contributed by atoms with van der Waals surface area (Å²) in [7, 11) is 1.80. The highest BCUT2D eigenvalue weighted by molar-refractivity contribution is 14.0. The minimum atomic E-state index is 0. The molecule has 0 aromatic heterocycles. The maximum absolute atomic E-state index is 5.52. The lowest BCUT2D eigenvalue weighted by Crippen LogP contribution is -2.38. The molecule has 22 heavy (non-hydrogen) atoms. The molecule has 0 heterocycles. The summed E-state index contributed by atoms with van der Waals surface area (Å²) in [6, 6.07) is 0. The van der Waals surface area contributed by atoms with Crippen LogP contribution in [0.15, 0.2) is 4.99 Å². The summed E-state index contributed by atoms with van der Waals surface area (Å²) >= 11 is 0. The van der Waals surface area contributed by atoms with Gasteiger partial charge in [0.1, 0.15) is 0 Å². The third-order valence-electron chi connectivity index (χ3n) is 3.02. The maximum atomic E-state index is 5.52. The van der Waals surface area contributed by atoms with E-state index in [1.54, 1.807) is 7.05 Å². The summed E-state index contributed by atoms with van der Waals surface area (Å²) in [5, 5.41) is 6.58. The number of halogens is 1. The third kappa shape index (κ3) is 18.0. The molecule has 0 aliphatic carbocycles. The van der Waals surface area contributed by atoms with E-state index in [2.05, 4.69) is 29.5 Å². The second kappa shape index (κ2) is 20.9. The van der Waals surface area contributed by atoms with E-state index < -0.39 is 0 Å². The normalized spacial score (nSPS) is 9.95. The van der Waals surface area contributed by atoms with E-state index in [-0.39, 0.29) is 24.0 Å². The van der Waals surface area contributed by atoms with Crippen LogP contribution < -0.4 is 10.6 Å². The van der Waals surface area contributed by atoms with Gasteiger partial charge in [0.05, 0.1) is 0 Å². The zero-order valence-corrected chi connectivity index (χ0v) is 17.0. The zero-order chi connectivity index (χ0) is 15.6. The van der Waals surface area contributed by atoms with Gasteiger partial charge in [-0.15, -0.1) is 24.0 Å². The van der Waals surface area contributed by atoms with Gasteiger partial charge in [0.2, 0.25) is 0 Å². The lowest BCUT2D eigenvalue weighted by molar-refractivity contribution is 0.129. The second-order valence-electron chi connectivity index (χ2n) is 5.06. The fourth-order valence-electron chi connectivity index (χ4n) is 1.68. The van der Waals surface area contributed by atoms with Gasteiger partial charge >= 0.3 is 0 Å². The van der Waals surface area contributed by atoms with Crippen LogP contribution in [-0.2, 0) is 9.47 Å². The number of hydrogen-bond acceptors (Lipinski definition) is 3. The van der Waals surface area contributed by atoms with Crippen molar-refractivity contribution in [2.24, 2.45) is 4.99 Å². The summed E-state index contributed by atoms with van der Waals surface area (Å²) in [6.07, 6.45) is 6.69. The van der Waals surface area contributed by atoms with Gasteiger partial charge in [0.15, 0.2) is 5.96 Å². The SMILES string of the molecule is CCCCOCCCNC(=NC)NCCCOCCCC.I. The van der Waals surface area contributed by atoms with Gasteiger partial charge in [-0.05, 0) is 25.7 Å². The molecule has 0 unspecified atom stereocenters. The molecule has 0 aromatic rings. The third-order valence-corrected chi connectivity index (χ3v) is 3.02. The van der Waals surface area contributed by atoms with E-state index in [9.17, 15) is 0 Å². The number of nitrogens with zero attached hydrogens (tertiary/aromatic N) is 1. The first-order valence-corrected chi connectivity index (χ1v) is 8.45. The number of hydrogen-bond donors (Lipinski definition) is 2. The minimum absolute atomic E-state index is 0. The Balaban J connectivity index is 0. The maximum Gasteiger partial charge on any atom is 0.190 e. The summed E-state index contributed by atoms with van der Waals surface area (Å²) < 4.78 is 11.0. The predicted octanol–water partition coefficient (Wildman–Crippen LogP) is 3.18. The van der Waals surface area contributed by atoms with Crippen LogP contribution in [0.4, 0.5) is 0 Å². The smallest absolute Gasteiger partial charge is 0.190 e. The molecule has 0 saturated heterocycles. The van der Waals surface area contributed by atoms with Crippen molar-refractivity contribution in [3.05, 3.63) is 0 Å². The van der Waals surface area contributed by atoms with E-state index in [4.69, 9.17) is 9.47 Å². The highest BCUT2D eigenvalue weighted by atomic mass is 127. The van der Waals surface area contributed by atoms with Crippen molar-refractivity contribution in [2.75, 3.05) is 46.6 Å². The molecule has 0 saturated carbocycles. The van der Waals surface area contributed by atoms with Crippen molar-refractivity contribution in [3.63, 3.8) is 0 Å². The number of aliphatic imine (C=N–C) groups is 1. The molecule has 0 aliphatic heterocycles. The van der Waals surface area contributed by atoms with Crippen LogP contribution >= 0.6 is 24.0 Å². The Morgan fingerprint density at radius 1 is 0.773 bits per heavy atom. The zero-order valence-electron chi connectivity index (χ0n) is 14.7. The Hall–Kier alpha value is -0.0800. The molecule has 0 aliphatic rings. The van der Waals surface area contributed by atoms with E-state index in [0.717, 1.165) is 71.2 Å². The summed E-state index contributed by atoms with van der Waals surface area (Å²) in [5.41, 5.74) is 0. The van der Waals surface area contributed by atoms with Crippen LogP contribution in [0.3, 0.4) is 0 Å². The van der Waals surface area contributed by atoms with Crippen molar-refractivity contribution in [3.8, 4) is 0 Å². The van der Waals surface area contributed by atoms with Crippen molar-refractivity contribution in [1.29, 1.82) is 0 Å². The fourth-order valence-corrected chi connectivity index (χ4v) is 1.68. The summed E-state index contributed by atoms with van der Waals surface area (Å²) in [6.45, 7) is 9.51. The Labute approximate surface area is 154 Å². The highest BCUT2D eigenvalue weighted by Gasteiger charge is 1.97. The average molecular weight is 429 g/mol. The Bertz CT molecular complexity index is 221. The van der Waals surface area contributed by atoms with E-state index >= 15 is 0 Å². The lowest BCUT2D eigenvalue weighted by atomic mass is 10.3. The molecule has 2 N–H and O–H groups in total. The largest absolute Gasteiger partial charge is 0.381 e. The van der Waals surface area contributed by atoms with Gasteiger partial charge in [0.25, 0.3) is 0 Å². The average Bonchev–Trinajstić information content (AvgIpc) is 2.51. The van der Waals surface area contributed by atoms with Crippen LogP contribution in [0.5, 0.6) is 0 Å². The van der Waals surface area contributed by atoms with Crippen LogP contribution in [0.25, 0.3) is 0 Å². The topological polar surface area (TPSA) is 54.9 Å². The molecule has 0 rings (SSSR count). The van der Waals surface area contributed by atoms with Crippen molar-refractivity contribution < 1.29 is 9.47 Å². The summed E-state index contributed by atoms with van der Waals surface area (Å²) in [5.74, 6) is 0.858. The molecule has 0 atom stereocenters. The first-order valence-electron chi connectivity index (χ1n) is 8.45. The predicted molar refractivity (Wildman–Crippen MR) is 105 cm³/mol. The molecule has 134 valence electrons. The number of ether oxygens (including phenoxy) is 2. The van der Waals surface area contributed by atoms with Gasteiger partial charge in [0, 0.05) is 46.6 Å².